The van der Waals surface area contributed by atoms with Crippen LogP contribution < -0.4 is 5.73 Å². The lowest BCUT2D eigenvalue weighted by Crippen LogP contribution is -2.50. The Morgan fingerprint density at radius 1 is 1.70 bits per heavy atom. The normalized spacial score (nSPS) is 20.7. The van der Waals surface area contributed by atoms with Gasteiger partial charge in [-0.2, -0.15) is 5.26 Å². The van der Waals surface area contributed by atoms with E-state index < -0.39 is 11.9 Å². The predicted molar refractivity (Wildman–Crippen MR) is 34.8 cm³/mol. The van der Waals surface area contributed by atoms with Gasteiger partial charge in [0.2, 0.25) is 5.91 Å². The Balaban J connectivity index is 2.49. The van der Waals surface area contributed by atoms with Crippen molar-refractivity contribution in [2.24, 2.45) is 5.73 Å². The molecule has 4 nitrogen and oxygen atoms in total. The Hall–Kier alpha value is -1.08. The molecular weight excluding hydrogens is 130 g/mol. The topological polar surface area (TPSA) is 70.1 Å². The standard InChI is InChI=1S/C6H9N3O/c7-4-5(6(8)10)9-2-1-3-9/h5H,1-3H2,(H2,8,10). The first kappa shape index (κ1) is 7.03. The van der Waals surface area contributed by atoms with E-state index in [1.54, 1.807) is 4.90 Å². The Bertz CT molecular complexity index is 180. The SMILES string of the molecule is N#CC(C(N)=O)N1CCC1. The van der Waals surface area contributed by atoms with Crippen LogP contribution >= 0.6 is 0 Å². The van der Waals surface area contributed by atoms with E-state index in [1.807, 2.05) is 6.07 Å². The van der Waals surface area contributed by atoms with Crippen LogP contribution in [-0.2, 0) is 4.79 Å². The smallest absolute Gasteiger partial charge is 0.249 e. The number of nitrogens with zero attached hydrogens (tertiary/aromatic N) is 2. The van der Waals surface area contributed by atoms with Crippen LogP contribution in [0.25, 0.3) is 0 Å². The molecule has 1 rings (SSSR count). The van der Waals surface area contributed by atoms with Crippen LogP contribution in [0.15, 0.2) is 0 Å². The van der Waals surface area contributed by atoms with Crippen molar-refractivity contribution in [2.75, 3.05) is 13.1 Å². The average Bonchev–Trinajstić information content (AvgIpc) is 1.76. The third-order valence-electron chi connectivity index (χ3n) is 1.65. The summed E-state index contributed by atoms with van der Waals surface area (Å²) in [5.41, 5.74) is 4.95. The van der Waals surface area contributed by atoms with E-state index in [0.29, 0.717) is 0 Å². The summed E-state index contributed by atoms with van der Waals surface area (Å²) in [6, 6.07) is 1.15. The first-order valence-corrected chi connectivity index (χ1v) is 3.18. The molecule has 54 valence electrons. The lowest BCUT2D eigenvalue weighted by atomic mass is 10.1. The van der Waals surface area contributed by atoms with Crippen molar-refractivity contribution in [3.63, 3.8) is 0 Å². The molecule has 1 heterocycles. The lowest BCUT2D eigenvalue weighted by Gasteiger charge is -2.32. The molecule has 1 fully saturated rings. The number of nitriles is 1. The van der Waals surface area contributed by atoms with Gasteiger partial charge in [-0.3, -0.25) is 9.69 Å². The van der Waals surface area contributed by atoms with Crippen LogP contribution in [0.4, 0.5) is 0 Å². The molecule has 0 saturated carbocycles. The maximum atomic E-state index is 10.5. The molecule has 10 heavy (non-hydrogen) atoms. The number of carbonyl (C=O) groups excluding carboxylic acids is 1. The van der Waals surface area contributed by atoms with Crippen LogP contribution in [0.2, 0.25) is 0 Å². The maximum absolute atomic E-state index is 10.5. The van der Waals surface area contributed by atoms with E-state index in [-0.39, 0.29) is 0 Å². The van der Waals surface area contributed by atoms with Crippen molar-refractivity contribution >= 4 is 5.91 Å². The molecule has 1 amide bonds. The van der Waals surface area contributed by atoms with Gasteiger partial charge in [0.25, 0.3) is 0 Å². The molecule has 0 aromatic carbocycles. The van der Waals surface area contributed by atoms with Crippen LogP contribution in [0.3, 0.4) is 0 Å². The first-order valence-electron chi connectivity index (χ1n) is 3.18. The van der Waals surface area contributed by atoms with E-state index in [9.17, 15) is 4.79 Å². The summed E-state index contributed by atoms with van der Waals surface area (Å²) in [4.78, 5) is 12.3. The molecule has 0 aromatic rings. The molecule has 1 unspecified atom stereocenters. The first-order chi connectivity index (χ1) is 4.75. The molecular formula is C6H9N3O. The van der Waals surface area contributed by atoms with Gasteiger partial charge in [-0.1, -0.05) is 0 Å². The van der Waals surface area contributed by atoms with Gasteiger partial charge in [0.05, 0.1) is 6.07 Å². The minimum absolute atomic E-state index is 0.540. The van der Waals surface area contributed by atoms with Gasteiger partial charge >= 0.3 is 0 Å². The van der Waals surface area contributed by atoms with E-state index in [1.165, 1.54) is 0 Å². The zero-order valence-corrected chi connectivity index (χ0v) is 5.58. The average molecular weight is 139 g/mol. The molecule has 2 N–H and O–H groups in total. The maximum Gasteiger partial charge on any atom is 0.249 e. The minimum atomic E-state index is -0.700. The highest BCUT2D eigenvalue weighted by atomic mass is 16.1. The van der Waals surface area contributed by atoms with Gasteiger partial charge in [-0.15, -0.1) is 0 Å². The molecule has 1 atom stereocenters. The highest BCUT2D eigenvalue weighted by molar-refractivity contribution is 5.82. The zero-order chi connectivity index (χ0) is 7.56. The fourth-order valence-corrected chi connectivity index (χ4v) is 0.924. The predicted octanol–water partition coefficient (Wildman–Crippen LogP) is -0.930. The molecule has 0 aliphatic carbocycles. The second-order valence-corrected chi connectivity index (χ2v) is 2.32. The van der Waals surface area contributed by atoms with Gasteiger partial charge in [0, 0.05) is 13.1 Å². The summed E-state index contributed by atoms with van der Waals surface area (Å²) in [5, 5.41) is 8.44. The molecule has 1 aliphatic rings. The monoisotopic (exact) mass is 139 g/mol. The Kier molecular flexibility index (Phi) is 1.88. The summed E-state index contributed by atoms with van der Waals surface area (Å²) >= 11 is 0. The summed E-state index contributed by atoms with van der Waals surface area (Å²) in [7, 11) is 0. The minimum Gasteiger partial charge on any atom is -0.367 e. The van der Waals surface area contributed by atoms with E-state index >= 15 is 0 Å². The van der Waals surface area contributed by atoms with E-state index in [2.05, 4.69) is 0 Å². The van der Waals surface area contributed by atoms with E-state index in [0.717, 1.165) is 19.5 Å². The van der Waals surface area contributed by atoms with Crippen LogP contribution in [0.5, 0.6) is 0 Å². The largest absolute Gasteiger partial charge is 0.367 e. The number of hydrogen-bond donors (Lipinski definition) is 1. The zero-order valence-electron chi connectivity index (χ0n) is 5.58. The van der Waals surface area contributed by atoms with Crippen molar-refractivity contribution < 1.29 is 4.79 Å². The summed E-state index contributed by atoms with van der Waals surface area (Å²) in [5.74, 6) is -0.540. The Morgan fingerprint density at radius 3 is 2.40 bits per heavy atom. The van der Waals surface area contributed by atoms with Crippen molar-refractivity contribution in [3.05, 3.63) is 0 Å². The third-order valence-corrected chi connectivity index (χ3v) is 1.65. The van der Waals surface area contributed by atoms with Crippen molar-refractivity contribution in [1.29, 1.82) is 5.26 Å². The number of amides is 1. The summed E-state index contributed by atoms with van der Waals surface area (Å²) in [6.45, 7) is 1.64. The molecule has 0 radical (unpaired) electrons. The fraction of sp³-hybridized carbons (Fsp3) is 0.667. The lowest BCUT2D eigenvalue weighted by molar-refractivity contribution is -0.122. The summed E-state index contributed by atoms with van der Waals surface area (Å²) in [6.07, 6.45) is 1.06. The molecule has 0 spiro atoms. The van der Waals surface area contributed by atoms with Gasteiger partial charge in [-0.05, 0) is 6.42 Å². The van der Waals surface area contributed by atoms with Crippen LogP contribution in [0.1, 0.15) is 6.42 Å². The number of likely N-dealkylation sites (tertiary alicyclic amines) is 1. The van der Waals surface area contributed by atoms with Crippen LogP contribution in [0, 0.1) is 11.3 Å². The molecule has 0 bridgehead atoms. The van der Waals surface area contributed by atoms with Gasteiger partial charge < -0.3 is 5.73 Å². The highest BCUT2D eigenvalue weighted by Gasteiger charge is 2.27. The van der Waals surface area contributed by atoms with Crippen molar-refractivity contribution in [3.8, 4) is 6.07 Å². The van der Waals surface area contributed by atoms with Gasteiger partial charge in [0.15, 0.2) is 6.04 Å². The molecule has 4 heteroatoms. The number of hydrogen-bond acceptors (Lipinski definition) is 3. The number of carbonyl (C=O) groups is 1. The molecule has 0 aromatic heterocycles. The van der Waals surface area contributed by atoms with Crippen LogP contribution in [-0.4, -0.2) is 29.9 Å². The van der Waals surface area contributed by atoms with E-state index in [4.69, 9.17) is 11.0 Å². The number of primary amides is 1. The highest BCUT2D eigenvalue weighted by Crippen LogP contribution is 2.09. The van der Waals surface area contributed by atoms with Gasteiger partial charge in [0.1, 0.15) is 0 Å². The Morgan fingerprint density at radius 2 is 2.30 bits per heavy atom. The van der Waals surface area contributed by atoms with Crippen molar-refractivity contribution in [2.45, 2.75) is 12.5 Å². The van der Waals surface area contributed by atoms with Crippen molar-refractivity contribution in [1.82, 2.24) is 4.90 Å². The third kappa shape index (κ3) is 1.09. The molecule has 1 aliphatic heterocycles. The Labute approximate surface area is 59.2 Å². The number of rotatable bonds is 2. The second-order valence-electron chi connectivity index (χ2n) is 2.32. The number of nitrogens with two attached hydrogens (primary N) is 1. The fourth-order valence-electron chi connectivity index (χ4n) is 0.924. The van der Waals surface area contributed by atoms with Gasteiger partial charge in [-0.25, -0.2) is 0 Å². The summed E-state index contributed by atoms with van der Waals surface area (Å²) < 4.78 is 0. The quantitative estimate of drug-likeness (QED) is 0.537. The second kappa shape index (κ2) is 2.67. The molecule has 1 saturated heterocycles.